The number of nitrogens with zero attached hydrogens (tertiary/aromatic N) is 2. The van der Waals surface area contributed by atoms with Crippen molar-refractivity contribution < 1.29 is 29.0 Å². The molecule has 2 heterocycles. The zero-order valence-electron chi connectivity index (χ0n) is 19.7. The highest BCUT2D eigenvalue weighted by atomic mass is 35.5. The van der Waals surface area contributed by atoms with Crippen molar-refractivity contribution in [3.63, 3.8) is 0 Å². The van der Waals surface area contributed by atoms with Crippen molar-refractivity contribution in [2.24, 2.45) is 0 Å². The molecule has 0 spiro atoms. The molecule has 8 nitrogen and oxygen atoms in total. The zero-order chi connectivity index (χ0) is 26.9. The molecule has 1 amide bonds. The van der Waals surface area contributed by atoms with E-state index in [2.05, 4.69) is 11.6 Å². The molecule has 1 atom stereocenters. The second kappa shape index (κ2) is 10.8. The number of amides is 1. The molecule has 37 heavy (non-hydrogen) atoms. The van der Waals surface area contributed by atoms with E-state index in [1.807, 2.05) is 0 Å². The van der Waals surface area contributed by atoms with Crippen LogP contribution in [-0.2, 0) is 14.3 Å². The number of thiazole rings is 1. The zero-order valence-corrected chi connectivity index (χ0v) is 22.0. The summed E-state index contributed by atoms with van der Waals surface area (Å²) in [4.78, 5) is 44.9. The monoisotopic (exact) mass is 558 g/mol. The first-order chi connectivity index (χ1) is 17.7. The maximum atomic E-state index is 13.4. The topological polar surface area (TPSA) is 106 Å². The number of carbonyl (C=O) groups excluding carboxylic acids is 3. The number of benzene rings is 2. The van der Waals surface area contributed by atoms with E-state index in [0.29, 0.717) is 17.0 Å². The van der Waals surface area contributed by atoms with Crippen LogP contribution < -0.4 is 9.64 Å². The Hall–Kier alpha value is -3.66. The number of rotatable bonds is 7. The lowest BCUT2D eigenvalue weighted by molar-refractivity contribution is -0.132. The lowest BCUT2D eigenvalue weighted by Crippen LogP contribution is -2.29. The first-order valence-corrected chi connectivity index (χ1v) is 12.4. The number of ketones is 1. The third-order valence-electron chi connectivity index (χ3n) is 5.56. The van der Waals surface area contributed by atoms with Gasteiger partial charge in [0.15, 0.2) is 5.13 Å². The van der Waals surface area contributed by atoms with E-state index < -0.39 is 29.5 Å². The first-order valence-electron chi connectivity index (χ1n) is 10.8. The summed E-state index contributed by atoms with van der Waals surface area (Å²) in [5, 5.41) is 11.8. The van der Waals surface area contributed by atoms with Gasteiger partial charge >= 0.3 is 11.9 Å². The fourth-order valence-electron chi connectivity index (χ4n) is 3.83. The van der Waals surface area contributed by atoms with Gasteiger partial charge in [-0.2, -0.15) is 0 Å². The number of halogens is 2. The Morgan fingerprint density at radius 2 is 1.97 bits per heavy atom. The molecule has 0 aliphatic carbocycles. The van der Waals surface area contributed by atoms with E-state index in [4.69, 9.17) is 32.7 Å². The fraction of sp³-hybridized carbons (Fsp3) is 0.154. The number of hydrogen-bond acceptors (Lipinski definition) is 8. The number of anilines is 1. The van der Waals surface area contributed by atoms with Gasteiger partial charge < -0.3 is 14.6 Å². The van der Waals surface area contributed by atoms with Crippen LogP contribution in [-0.4, -0.2) is 41.5 Å². The number of Topliss-reactive ketones (excluding diaryl/α,β-unsaturated/α-hetero) is 1. The number of aromatic nitrogens is 1. The molecule has 1 fully saturated rings. The number of carbonyl (C=O) groups is 3. The van der Waals surface area contributed by atoms with Crippen LogP contribution >= 0.6 is 34.5 Å². The number of aliphatic hydroxyl groups excluding tert-OH is 1. The van der Waals surface area contributed by atoms with Crippen molar-refractivity contribution >= 4 is 63.1 Å². The summed E-state index contributed by atoms with van der Waals surface area (Å²) in [7, 11) is 1.47. The van der Waals surface area contributed by atoms with Gasteiger partial charge in [-0.1, -0.05) is 65.4 Å². The molecule has 4 rings (SSSR count). The van der Waals surface area contributed by atoms with Crippen LogP contribution in [0.1, 0.15) is 32.5 Å². The number of aliphatic hydroxyl groups is 1. The predicted molar refractivity (Wildman–Crippen MR) is 142 cm³/mol. The van der Waals surface area contributed by atoms with Crippen LogP contribution in [0.2, 0.25) is 10.0 Å². The lowest BCUT2D eigenvalue weighted by Gasteiger charge is -2.23. The van der Waals surface area contributed by atoms with E-state index in [9.17, 15) is 19.5 Å². The molecule has 1 saturated heterocycles. The molecule has 0 radical (unpaired) electrons. The molecule has 1 N–H and O–H groups in total. The molecule has 0 saturated carbocycles. The van der Waals surface area contributed by atoms with Crippen molar-refractivity contribution in [1.82, 2.24) is 4.98 Å². The second-order valence-corrected chi connectivity index (χ2v) is 9.66. The molecule has 1 aromatic heterocycles. The Labute approximate surface area is 226 Å². The minimum absolute atomic E-state index is 0.000166. The molecule has 1 aliphatic rings. The van der Waals surface area contributed by atoms with Gasteiger partial charge in [0.2, 0.25) is 0 Å². The number of hydrogen-bond donors (Lipinski definition) is 1. The smallest absolute Gasteiger partial charge is 0.350 e. The summed E-state index contributed by atoms with van der Waals surface area (Å²) >= 11 is 13.3. The molecule has 1 unspecified atom stereocenters. The average Bonchev–Trinajstić information content (AvgIpc) is 3.40. The Balaban J connectivity index is 1.91. The highest BCUT2D eigenvalue weighted by Crippen LogP contribution is 2.45. The summed E-state index contributed by atoms with van der Waals surface area (Å²) in [6.45, 7) is 5.10. The molecular formula is C26H20Cl2N2O6S. The molecule has 1 aliphatic heterocycles. The third-order valence-corrected chi connectivity index (χ3v) is 7.43. The second-order valence-electron chi connectivity index (χ2n) is 7.87. The summed E-state index contributed by atoms with van der Waals surface area (Å²) < 4.78 is 10.3. The van der Waals surface area contributed by atoms with E-state index in [-0.39, 0.29) is 37.8 Å². The highest BCUT2D eigenvalue weighted by molar-refractivity contribution is 7.17. The molecular weight excluding hydrogens is 539 g/mol. The highest BCUT2D eigenvalue weighted by Gasteiger charge is 2.48. The van der Waals surface area contributed by atoms with Gasteiger partial charge in [-0.05, 0) is 36.8 Å². The van der Waals surface area contributed by atoms with Crippen molar-refractivity contribution in [2.45, 2.75) is 13.0 Å². The van der Waals surface area contributed by atoms with Crippen molar-refractivity contribution in [3.05, 3.63) is 92.4 Å². The molecule has 2 aromatic carbocycles. The van der Waals surface area contributed by atoms with Crippen molar-refractivity contribution in [2.75, 3.05) is 18.6 Å². The van der Waals surface area contributed by atoms with Gasteiger partial charge in [-0.3, -0.25) is 14.5 Å². The summed E-state index contributed by atoms with van der Waals surface area (Å²) in [5.41, 5.74) is 0.810. The van der Waals surface area contributed by atoms with Crippen molar-refractivity contribution in [3.8, 4) is 5.75 Å². The standard InChI is InChI=1S/C26H20Cl2N2O6S/c1-4-10-36-25(34)23-13(2)29-26(37-23)30-20(14-8-9-17(27)18(28)12-14)19(22(32)24(30)33)21(31)15-6-5-7-16(11-15)35-3/h4-9,11-12,20,31H,1,10H2,2-3H3/b21-19+. The lowest BCUT2D eigenvalue weighted by atomic mass is 9.95. The Morgan fingerprint density at radius 3 is 2.65 bits per heavy atom. The SMILES string of the molecule is C=CCOC(=O)c1sc(N2C(=O)C(=O)/C(=C(/O)c3cccc(OC)c3)C2c2ccc(Cl)c(Cl)c2)nc1C. The Bertz CT molecular complexity index is 1460. The van der Waals surface area contributed by atoms with Gasteiger partial charge in [0.1, 0.15) is 23.0 Å². The van der Waals surface area contributed by atoms with Crippen LogP contribution in [0.15, 0.2) is 60.7 Å². The van der Waals surface area contributed by atoms with Crippen LogP contribution in [0.25, 0.3) is 5.76 Å². The fourth-order valence-corrected chi connectivity index (χ4v) is 5.12. The van der Waals surface area contributed by atoms with Gasteiger partial charge in [-0.25, -0.2) is 9.78 Å². The van der Waals surface area contributed by atoms with Crippen LogP contribution in [0.4, 0.5) is 5.13 Å². The predicted octanol–water partition coefficient (Wildman–Crippen LogP) is 5.74. The minimum Gasteiger partial charge on any atom is -0.507 e. The Kier molecular flexibility index (Phi) is 7.68. The maximum Gasteiger partial charge on any atom is 0.350 e. The summed E-state index contributed by atoms with van der Waals surface area (Å²) in [5.74, 6) is -2.46. The largest absolute Gasteiger partial charge is 0.507 e. The maximum absolute atomic E-state index is 13.4. The van der Waals surface area contributed by atoms with Crippen molar-refractivity contribution in [1.29, 1.82) is 0 Å². The van der Waals surface area contributed by atoms with E-state index in [0.717, 1.165) is 16.2 Å². The summed E-state index contributed by atoms with van der Waals surface area (Å²) in [6.07, 6.45) is 1.43. The number of aryl methyl sites for hydroxylation is 1. The van der Waals surface area contributed by atoms with Crippen LogP contribution in [0.3, 0.4) is 0 Å². The van der Waals surface area contributed by atoms with Crippen LogP contribution in [0, 0.1) is 6.92 Å². The van der Waals surface area contributed by atoms with Gasteiger partial charge in [-0.15, -0.1) is 0 Å². The van der Waals surface area contributed by atoms with Gasteiger partial charge in [0.25, 0.3) is 5.78 Å². The summed E-state index contributed by atoms with van der Waals surface area (Å²) in [6, 6.07) is 9.96. The van der Waals surface area contributed by atoms with Gasteiger partial charge in [0, 0.05) is 5.56 Å². The molecule has 190 valence electrons. The first kappa shape index (κ1) is 26.4. The number of methoxy groups -OCH3 is 1. The van der Waals surface area contributed by atoms with Crippen LogP contribution in [0.5, 0.6) is 5.75 Å². The number of ether oxygens (including phenoxy) is 2. The Morgan fingerprint density at radius 1 is 1.22 bits per heavy atom. The molecule has 3 aromatic rings. The third kappa shape index (κ3) is 4.98. The average molecular weight is 559 g/mol. The number of esters is 1. The molecule has 11 heteroatoms. The van der Waals surface area contributed by atoms with Gasteiger partial charge in [0.05, 0.1) is 34.5 Å². The normalized spacial score (nSPS) is 16.6. The van der Waals surface area contributed by atoms with E-state index in [1.54, 1.807) is 31.2 Å². The quantitative estimate of drug-likeness (QED) is 0.129. The van der Waals surface area contributed by atoms with E-state index in [1.165, 1.54) is 31.4 Å². The minimum atomic E-state index is -1.11. The molecule has 0 bridgehead atoms. The van der Waals surface area contributed by atoms with E-state index >= 15 is 0 Å².